The molecule has 0 amide bonds. The van der Waals surface area contributed by atoms with Crippen molar-refractivity contribution in [3.8, 4) is 5.69 Å². The van der Waals surface area contributed by atoms with E-state index in [9.17, 15) is 9.50 Å². The monoisotopic (exact) mass is 340 g/mol. The molecule has 0 saturated carbocycles. The maximum atomic E-state index is 13.2. The fourth-order valence-corrected chi connectivity index (χ4v) is 2.71. The number of benzene rings is 1. The van der Waals surface area contributed by atoms with Gasteiger partial charge in [-0.3, -0.25) is 4.90 Å². The maximum absolute atomic E-state index is 13.2. The Morgan fingerprint density at radius 3 is 3.04 bits per heavy atom. The van der Waals surface area contributed by atoms with E-state index in [1.165, 1.54) is 12.1 Å². The molecule has 1 aromatic carbocycles. The highest BCUT2D eigenvalue weighted by Gasteiger charge is 2.26. The Morgan fingerprint density at radius 2 is 2.30 bits per heavy atom. The van der Waals surface area contributed by atoms with Crippen molar-refractivity contribution < 1.29 is 14.2 Å². The number of hydrogen-bond acceptors (Lipinski definition) is 5. The van der Waals surface area contributed by atoms with Crippen LogP contribution in [0, 0.1) is 5.82 Å². The zero-order valence-electron chi connectivity index (χ0n) is 12.7. The second kappa shape index (κ2) is 6.92. The van der Waals surface area contributed by atoms with Crippen molar-refractivity contribution in [2.24, 2.45) is 0 Å². The summed E-state index contributed by atoms with van der Waals surface area (Å²) in [4.78, 5) is 2.19. The summed E-state index contributed by atoms with van der Waals surface area (Å²) >= 11 is 5.79. The Labute approximate surface area is 138 Å². The standard InChI is InChI=1S/C15H18ClFN4O2/c1-10-9-23-13(8-22)7-20(10)5-11-6-21(19-18-11)12-2-3-15(17)14(16)4-12/h2-4,6,10,13,22H,5,7-9H2,1H3/t10-,13+/m0/s1. The van der Waals surface area contributed by atoms with Crippen molar-refractivity contribution in [2.45, 2.75) is 25.6 Å². The molecule has 1 aliphatic rings. The summed E-state index contributed by atoms with van der Waals surface area (Å²) in [7, 11) is 0. The second-order valence-electron chi connectivity index (χ2n) is 5.67. The third kappa shape index (κ3) is 3.69. The molecule has 0 aliphatic carbocycles. The van der Waals surface area contributed by atoms with Crippen molar-refractivity contribution in [3.63, 3.8) is 0 Å². The van der Waals surface area contributed by atoms with Gasteiger partial charge in [-0.1, -0.05) is 16.8 Å². The van der Waals surface area contributed by atoms with E-state index in [-0.39, 0.29) is 23.8 Å². The average molecular weight is 341 g/mol. The largest absolute Gasteiger partial charge is 0.394 e. The second-order valence-corrected chi connectivity index (χ2v) is 6.08. The van der Waals surface area contributed by atoms with E-state index < -0.39 is 5.82 Å². The summed E-state index contributed by atoms with van der Waals surface area (Å²) in [6.07, 6.45) is 1.62. The first kappa shape index (κ1) is 16.3. The zero-order valence-corrected chi connectivity index (χ0v) is 13.4. The highest BCUT2D eigenvalue weighted by atomic mass is 35.5. The van der Waals surface area contributed by atoms with Crippen LogP contribution in [0.1, 0.15) is 12.6 Å². The van der Waals surface area contributed by atoms with Crippen LogP contribution in [0.15, 0.2) is 24.4 Å². The van der Waals surface area contributed by atoms with Gasteiger partial charge in [-0.25, -0.2) is 9.07 Å². The molecule has 1 N–H and O–H groups in total. The molecule has 0 radical (unpaired) electrons. The van der Waals surface area contributed by atoms with Gasteiger partial charge in [0.2, 0.25) is 0 Å². The molecule has 0 unspecified atom stereocenters. The van der Waals surface area contributed by atoms with Crippen LogP contribution in [0.4, 0.5) is 4.39 Å². The lowest BCUT2D eigenvalue weighted by molar-refractivity contribution is -0.0808. The van der Waals surface area contributed by atoms with E-state index in [2.05, 4.69) is 22.1 Å². The van der Waals surface area contributed by atoms with Crippen LogP contribution >= 0.6 is 11.6 Å². The molecule has 2 atom stereocenters. The predicted octanol–water partition coefficient (Wildman–Crippen LogP) is 1.64. The van der Waals surface area contributed by atoms with Gasteiger partial charge in [0, 0.05) is 19.1 Å². The predicted molar refractivity (Wildman–Crippen MR) is 83.0 cm³/mol. The SMILES string of the molecule is C[C@H]1CO[C@@H](CO)CN1Cc1cn(-c2ccc(F)c(Cl)c2)nn1. The number of aliphatic hydroxyl groups is 1. The molecule has 2 aromatic rings. The number of aliphatic hydroxyl groups excluding tert-OH is 1. The van der Waals surface area contributed by atoms with E-state index in [0.717, 1.165) is 5.69 Å². The highest BCUT2D eigenvalue weighted by Crippen LogP contribution is 2.19. The van der Waals surface area contributed by atoms with E-state index >= 15 is 0 Å². The quantitative estimate of drug-likeness (QED) is 0.916. The number of hydrogen-bond donors (Lipinski definition) is 1. The summed E-state index contributed by atoms with van der Waals surface area (Å²) in [5, 5.41) is 17.5. The minimum absolute atomic E-state index is 0.00396. The van der Waals surface area contributed by atoms with Gasteiger partial charge >= 0.3 is 0 Å². The molecular formula is C15H18ClFN4O2. The van der Waals surface area contributed by atoms with Crippen LogP contribution in [0.3, 0.4) is 0 Å². The van der Waals surface area contributed by atoms with Gasteiger partial charge in [0.05, 0.1) is 41.9 Å². The average Bonchev–Trinajstić information content (AvgIpc) is 3.01. The first-order chi connectivity index (χ1) is 11.1. The molecule has 1 fully saturated rings. The molecule has 1 aliphatic heterocycles. The number of ether oxygens (including phenoxy) is 1. The maximum Gasteiger partial charge on any atom is 0.141 e. The number of nitrogens with zero attached hydrogens (tertiary/aromatic N) is 4. The van der Waals surface area contributed by atoms with Crippen LogP contribution in [-0.4, -0.2) is 56.9 Å². The smallest absolute Gasteiger partial charge is 0.141 e. The normalized spacial score (nSPS) is 22.4. The molecular weight excluding hydrogens is 323 g/mol. The number of halogens is 2. The Kier molecular flexibility index (Phi) is 4.91. The minimum Gasteiger partial charge on any atom is -0.394 e. The molecule has 0 spiro atoms. The molecule has 6 nitrogen and oxygen atoms in total. The first-order valence-corrected chi connectivity index (χ1v) is 7.77. The molecule has 124 valence electrons. The third-order valence-corrected chi connectivity index (χ3v) is 4.20. The van der Waals surface area contributed by atoms with Gasteiger partial charge < -0.3 is 9.84 Å². The lowest BCUT2D eigenvalue weighted by atomic mass is 10.2. The van der Waals surface area contributed by atoms with Gasteiger partial charge in [0.15, 0.2) is 0 Å². The fraction of sp³-hybridized carbons (Fsp3) is 0.467. The van der Waals surface area contributed by atoms with Gasteiger partial charge in [-0.05, 0) is 25.1 Å². The van der Waals surface area contributed by atoms with E-state index in [4.69, 9.17) is 16.3 Å². The van der Waals surface area contributed by atoms with Gasteiger partial charge in [-0.2, -0.15) is 0 Å². The Morgan fingerprint density at radius 1 is 1.48 bits per heavy atom. The van der Waals surface area contributed by atoms with Crippen molar-refractivity contribution in [2.75, 3.05) is 19.8 Å². The van der Waals surface area contributed by atoms with Crippen molar-refractivity contribution in [1.29, 1.82) is 0 Å². The Bertz CT molecular complexity index is 681. The number of morpholine rings is 1. The van der Waals surface area contributed by atoms with E-state index in [0.29, 0.717) is 25.4 Å². The van der Waals surface area contributed by atoms with Crippen LogP contribution in [-0.2, 0) is 11.3 Å². The lowest BCUT2D eigenvalue weighted by Gasteiger charge is -2.36. The minimum atomic E-state index is -0.465. The van der Waals surface area contributed by atoms with Crippen molar-refractivity contribution in [3.05, 3.63) is 40.9 Å². The molecule has 0 bridgehead atoms. The molecule has 3 rings (SSSR count). The molecule has 2 heterocycles. The summed E-state index contributed by atoms with van der Waals surface area (Å²) in [6.45, 7) is 3.90. The highest BCUT2D eigenvalue weighted by molar-refractivity contribution is 6.30. The Balaban J connectivity index is 1.72. The Hall–Kier alpha value is -1.54. The molecule has 8 heteroatoms. The van der Waals surface area contributed by atoms with Crippen molar-refractivity contribution >= 4 is 11.6 Å². The topological polar surface area (TPSA) is 63.4 Å². The van der Waals surface area contributed by atoms with Gasteiger partial charge in [0.1, 0.15) is 5.82 Å². The van der Waals surface area contributed by atoms with Crippen LogP contribution < -0.4 is 0 Å². The first-order valence-electron chi connectivity index (χ1n) is 7.40. The van der Waals surface area contributed by atoms with Crippen LogP contribution in [0.25, 0.3) is 5.69 Å². The van der Waals surface area contributed by atoms with E-state index in [1.54, 1.807) is 16.9 Å². The third-order valence-electron chi connectivity index (χ3n) is 3.91. The lowest BCUT2D eigenvalue weighted by Crippen LogP contribution is -2.48. The molecule has 1 aromatic heterocycles. The summed E-state index contributed by atoms with van der Waals surface area (Å²) in [6, 6.07) is 4.64. The zero-order chi connectivity index (χ0) is 16.4. The molecule has 1 saturated heterocycles. The number of rotatable bonds is 4. The fourth-order valence-electron chi connectivity index (χ4n) is 2.54. The summed E-state index contributed by atoms with van der Waals surface area (Å²) in [5.41, 5.74) is 1.44. The van der Waals surface area contributed by atoms with Crippen LogP contribution in [0.2, 0.25) is 5.02 Å². The van der Waals surface area contributed by atoms with Gasteiger partial charge in [-0.15, -0.1) is 5.10 Å². The van der Waals surface area contributed by atoms with Gasteiger partial charge in [0.25, 0.3) is 0 Å². The van der Waals surface area contributed by atoms with Crippen LogP contribution in [0.5, 0.6) is 0 Å². The molecule has 23 heavy (non-hydrogen) atoms. The summed E-state index contributed by atoms with van der Waals surface area (Å²) < 4.78 is 20.3. The number of aromatic nitrogens is 3. The van der Waals surface area contributed by atoms with E-state index in [1.807, 2.05) is 0 Å². The summed E-state index contributed by atoms with van der Waals surface area (Å²) in [5.74, 6) is -0.465. The van der Waals surface area contributed by atoms with Crippen molar-refractivity contribution in [1.82, 2.24) is 19.9 Å².